The van der Waals surface area contributed by atoms with E-state index in [0.29, 0.717) is 19.1 Å². The van der Waals surface area contributed by atoms with Crippen LogP contribution in [0.4, 0.5) is 0 Å². The van der Waals surface area contributed by atoms with Crippen molar-refractivity contribution in [2.24, 2.45) is 22.7 Å². The quantitative estimate of drug-likeness (QED) is 0.342. The van der Waals surface area contributed by atoms with Crippen molar-refractivity contribution in [1.82, 2.24) is 10.6 Å². The number of hydrogen-bond acceptors (Lipinski definition) is 6. The number of carbonyl (C=O) groups is 2. The second-order valence-corrected chi connectivity index (χ2v) is 11.5. The predicted molar refractivity (Wildman–Crippen MR) is 130 cm³/mol. The van der Waals surface area contributed by atoms with Crippen LogP contribution in [0.25, 0.3) is 0 Å². The standard InChI is InChI=1S/C26H46N2O4/c1-17(2)14-31-22(29)11-20(7)28-21-12-25(8,9)16-26(10,13-21)23(27-19(5)6)24(30)32-15-18(3)4/h11,17-18,21,23,27-28H,5,12-16H2,1-4,6-10H3. The van der Waals surface area contributed by atoms with Crippen LogP contribution in [0.1, 0.15) is 81.6 Å². The normalized spacial score (nSPS) is 24.1. The minimum atomic E-state index is -0.483. The third-order valence-electron chi connectivity index (χ3n) is 5.60. The fourth-order valence-corrected chi connectivity index (χ4v) is 4.79. The molecule has 6 nitrogen and oxygen atoms in total. The Bertz CT molecular complexity index is 696. The van der Waals surface area contributed by atoms with Crippen LogP contribution in [0, 0.1) is 22.7 Å². The maximum Gasteiger partial charge on any atom is 0.332 e. The predicted octanol–water partition coefficient (Wildman–Crippen LogP) is 4.96. The first kappa shape index (κ1) is 28.1. The van der Waals surface area contributed by atoms with Crippen molar-refractivity contribution >= 4 is 11.9 Å². The molecule has 0 heterocycles. The van der Waals surface area contributed by atoms with Crippen molar-refractivity contribution in [3.63, 3.8) is 0 Å². The summed E-state index contributed by atoms with van der Waals surface area (Å²) < 4.78 is 10.9. The number of carbonyl (C=O) groups excluding carboxylic acids is 2. The van der Waals surface area contributed by atoms with Gasteiger partial charge < -0.3 is 20.1 Å². The van der Waals surface area contributed by atoms with Crippen LogP contribution in [0.2, 0.25) is 0 Å². The molecular weight excluding hydrogens is 404 g/mol. The molecule has 0 saturated heterocycles. The molecule has 0 aromatic rings. The third-order valence-corrected chi connectivity index (χ3v) is 5.60. The summed E-state index contributed by atoms with van der Waals surface area (Å²) in [6.45, 7) is 23.2. The zero-order valence-corrected chi connectivity index (χ0v) is 21.8. The van der Waals surface area contributed by atoms with Gasteiger partial charge in [-0.1, -0.05) is 55.0 Å². The highest BCUT2D eigenvalue weighted by Gasteiger charge is 2.49. The molecule has 0 spiro atoms. The van der Waals surface area contributed by atoms with Crippen LogP contribution in [0.15, 0.2) is 24.0 Å². The average molecular weight is 451 g/mol. The Hall–Kier alpha value is -1.98. The van der Waals surface area contributed by atoms with E-state index in [1.165, 1.54) is 6.08 Å². The van der Waals surface area contributed by atoms with Crippen LogP contribution in [0.5, 0.6) is 0 Å². The minimum absolute atomic E-state index is 0.0103. The molecule has 1 saturated carbocycles. The lowest BCUT2D eigenvalue weighted by molar-refractivity contribution is -0.152. The average Bonchev–Trinajstić information content (AvgIpc) is 2.60. The van der Waals surface area contributed by atoms with Crippen molar-refractivity contribution in [2.75, 3.05) is 13.2 Å². The van der Waals surface area contributed by atoms with Crippen molar-refractivity contribution in [1.29, 1.82) is 0 Å². The molecule has 0 aromatic carbocycles. The monoisotopic (exact) mass is 450 g/mol. The lowest BCUT2D eigenvalue weighted by Crippen LogP contribution is -2.56. The summed E-state index contributed by atoms with van der Waals surface area (Å²) in [5.41, 5.74) is 1.19. The smallest absolute Gasteiger partial charge is 0.332 e. The van der Waals surface area contributed by atoms with Crippen LogP contribution in [-0.4, -0.2) is 37.2 Å². The summed E-state index contributed by atoms with van der Waals surface area (Å²) in [4.78, 5) is 25.2. The number of allylic oxidation sites excluding steroid dienone is 2. The molecule has 0 bridgehead atoms. The van der Waals surface area contributed by atoms with E-state index in [-0.39, 0.29) is 34.7 Å². The lowest BCUT2D eigenvalue weighted by Gasteiger charge is -2.50. The van der Waals surface area contributed by atoms with Crippen LogP contribution < -0.4 is 10.6 Å². The molecule has 0 amide bonds. The molecule has 3 atom stereocenters. The molecule has 1 aliphatic carbocycles. The minimum Gasteiger partial charge on any atom is -0.464 e. The Morgan fingerprint density at radius 3 is 2.12 bits per heavy atom. The van der Waals surface area contributed by atoms with E-state index >= 15 is 0 Å². The Balaban J connectivity index is 3.03. The zero-order valence-electron chi connectivity index (χ0n) is 21.8. The van der Waals surface area contributed by atoms with Gasteiger partial charge in [-0.15, -0.1) is 0 Å². The highest BCUT2D eigenvalue weighted by Crippen LogP contribution is 2.48. The molecule has 6 heteroatoms. The van der Waals surface area contributed by atoms with E-state index in [2.05, 4.69) is 38.0 Å². The van der Waals surface area contributed by atoms with E-state index in [4.69, 9.17) is 9.47 Å². The number of hydrogen-bond donors (Lipinski definition) is 2. The number of rotatable bonds is 11. The summed E-state index contributed by atoms with van der Waals surface area (Å²) in [6.07, 6.45) is 4.10. The zero-order chi connectivity index (χ0) is 24.7. The SMILES string of the molecule is C=C(C)NC(C(=O)OCC(C)C)C1(C)CC(NC(C)=CC(=O)OCC(C)C)CC(C)(C)C1. The maximum atomic E-state index is 13.1. The summed E-state index contributed by atoms with van der Waals surface area (Å²) in [7, 11) is 0. The number of esters is 2. The Kier molecular flexibility index (Phi) is 10.3. The number of nitrogens with one attached hydrogen (secondary N) is 2. The molecule has 1 rings (SSSR count). The molecule has 184 valence electrons. The van der Waals surface area contributed by atoms with Crippen molar-refractivity contribution in [2.45, 2.75) is 93.7 Å². The van der Waals surface area contributed by atoms with E-state index in [1.54, 1.807) is 0 Å². The van der Waals surface area contributed by atoms with E-state index in [0.717, 1.165) is 30.7 Å². The molecule has 0 aliphatic heterocycles. The maximum absolute atomic E-state index is 13.1. The summed E-state index contributed by atoms with van der Waals surface area (Å²) in [5, 5.41) is 6.80. The van der Waals surface area contributed by atoms with Gasteiger partial charge in [0.15, 0.2) is 0 Å². The Morgan fingerprint density at radius 2 is 1.59 bits per heavy atom. The summed E-state index contributed by atoms with van der Waals surface area (Å²) in [6, 6.07) is -0.367. The van der Waals surface area contributed by atoms with Crippen LogP contribution in [0.3, 0.4) is 0 Å². The van der Waals surface area contributed by atoms with Gasteiger partial charge in [0.25, 0.3) is 0 Å². The summed E-state index contributed by atoms with van der Waals surface area (Å²) in [5.74, 6) is 0.0113. The van der Waals surface area contributed by atoms with Gasteiger partial charge in [-0.25, -0.2) is 9.59 Å². The first-order valence-corrected chi connectivity index (χ1v) is 11.8. The van der Waals surface area contributed by atoms with Gasteiger partial charge in [0, 0.05) is 28.9 Å². The van der Waals surface area contributed by atoms with E-state index in [9.17, 15) is 9.59 Å². The van der Waals surface area contributed by atoms with Gasteiger partial charge in [0.05, 0.1) is 13.2 Å². The molecular formula is C26H46N2O4. The largest absolute Gasteiger partial charge is 0.464 e. The highest BCUT2D eigenvalue weighted by atomic mass is 16.5. The first-order valence-electron chi connectivity index (χ1n) is 11.8. The fraction of sp³-hybridized carbons (Fsp3) is 0.769. The Labute approximate surface area is 195 Å². The molecule has 3 unspecified atom stereocenters. The molecule has 32 heavy (non-hydrogen) atoms. The van der Waals surface area contributed by atoms with Crippen molar-refractivity contribution in [3.8, 4) is 0 Å². The topological polar surface area (TPSA) is 76.7 Å². The fourth-order valence-electron chi connectivity index (χ4n) is 4.79. The van der Waals surface area contributed by atoms with Crippen molar-refractivity contribution in [3.05, 3.63) is 24.0 Å². The van der Waals surface area contributed by atoms with E-state index < -0.39 is 6.04 Å². The van der Waals surface area contributed by atoms with Gasteiger partial charge in [0.2, 0.25) is 0 Å². The number of ether oxygens (including phenoxy) is 2. The molecule has 0 radical (unpaired) electrons. The van der Waals surface area contributed by atoms with E-state index in [1.807, 2.05) is 41.5 Å². The second-order valence-electron chi connectivity index (χ2n) is 11.5. The van der Waals surface area contributed by atoms with Gasteiger partial charge in [-0.3, -0.25) is 0 Å². The lowest BCUT2D eigenvalue weighted by atomic mass is 9.59. The first-order chi connectivity index (χ1) is 14.6. The Morgan fingerprint density at radius 1 is 1.03 bits per heavy atom. The third kappa shape index (κ3) is 9.66. The molecule has 1 aliphatic rings. The van der Waals surface area contributed by atoms with Crippen LogP contribution in [-0.2, 0) is 19.1 Å². The van der Waals surface area contributed by atoms with Gasteiger partial charge in [0.1, 0.15) is 6.04 Å². The van der Waals surface area contributed by atoms with Crippen LogP contribution >= 0.6 is 0 Å². The second kappa shape index (κ2) is 11.8. The molecule has 1 fully saturated rings. The van der Waals surface area contributed by atoms with Gasteiger partial charge in [-0.2, -0.15) is 0 Å². The molecule has 2 N–H and O–H groups in total. The summed E-state index contributed by atoms with van der Waals surface area (Å²) >= 11 is 0. The van der Waals surface area contributed by atoms with Gasteiger partial charge in [-0.05, 0) is 50.4 Å². The molecule has 0 aromatic heterocycles. The highest BCUT2D eigenvalue weighted by molar-refractivity contribution is 5.82. The van der Waals surface area contributed by atoms with Crippen molar-refractivity contribution < 1.29 is 19.1 Å². The van der Waals surface area contributed by atoms with Gasteiger partial charge >= 0.3 is 11.9 Å².